The number of carbonyl (C=O) groups is 2. The summed E-state index contributed by atoms with van der Waals surface area (Å²) in [5.74, 6) is -2.18. The number of nitrogens with one attached hydrogen (secondary N) is 1. The van der Waals surface area contributed by atoms with Gasteiger partial charge >= 0.3 is 5.97 Å². The molecule has 1 unspecified atom stereocenters. The summed E-state index contributed by atoms with van der Waals surface area (Å²) in [6.07, 6.45) is -0.486. The quantitative estimate of drug-likeness (QED) is 0.762. The number of carboxylic acid groups (broad SMARTS) is 1. The lowest BCUT2D eigenvalue weighted by Gasteiger charge is -2.21. The summed E-state index contributed by atoms with van der Waals surface area (Å²) in [5, 5.41) is 20.7. The summed E-state index contributed by atoms with van der Waals surface area (Å²) in [7, 11) is 0. The van der Waals surface area contributed by atoms with Crippen LogP contribution in [0.4, 0.5) is 4.39 Å². The lowest BCUT2D eigenvalue weighted by atomic mass is 10.0. The zero-order valence-corrected chi connectivity index (χ0v) is 11.7. The van der Waals surface area contributed by atoms with Gasteiger partial charge in [-0.15, -0.1) is 0 Å². The zero-order valence-electron chi connectivity index (χ0n) is 10.1. The van der Waals surface area contributed by atoms with Crippen molar-refractivity contribution in [3.8, 4) is 0 Å². The summed E-state index contributed by atoms with van der Waals surface area (Å²) in [5.41, 5.74) is -1.34. The Labute approximate surface area is 117 Å². The molecule has 5 nitrogen and oxygen atoms in total. The molecule has 3 N–H and O–H groups in total. The van der Waals surface area contributed by atoms with Crippen molar-refractivity contribution in [2.24, 2.45) is 0 Å². The largest absolute Gasteiger partial charge is 0.481 e. The summed E-state index contributed by atoms with van der Waals surface area (Å²) >= 11 is 2.96. The maximum atomic E-state index is 13.0. The molecular formula is C12H13BrFNO4. The Hall–Kier alpha value is -1.47. The van der Waals surface area contributed by atoms with Crippen molar-refractivity contribution in [3.63, 3.8) is 0 Å². The van der Waals surface area contributed by atoms with Crippen molar-refractivity contribution >= 4 is 27.8 Å². The van der Waals surface area contributed by atoms with Crippen LogP contribution < -0.4 is 5.32 Å². The summed E-state index contributed by atoms with van der Waals surface area (Å²) in [6, 6.07) is 3.73. The van der Waals surface area contributed by atoms with E-state index in [1.54, 1.807) is 0 Å². The second-order valence-electron chi connectivity index (χ2n) is 4.38. The van der Waals surface area contributed by atoms with Gasteiger partial charge in [0.2, 0.25) is 0 Å². The Kier molecular flexibility index (Phi) is 5.02. The Morgan fingerprint density at radius 2 is 2.11 bits per heavy atom. The molecule has 0 bridgehead atoms. The molecule has 0 aliphatic rings. The molecule has 0 aromatic heterocycles. The third kappa shape index (κ3) is 4.96. The van der Waals surface area contributed by atoms with Gasteiger partial charge in [0, 0.05) is 12.1 Å². The van der Waals surface area contributed by atoms with Crippen LogP contribution in [0.1, 0.15) is 23.7 Å². The predicted octanol–water partition coefficient (Wildman–Crippen LogP) is 1.54. The number of carbonyl (C=O) groups excluding carboxylic acids is 1. The van der Waals surface area contributed by atoms with Gasteiger partial charge < -0.3 is 15.5 Å². The van der Waals surface area contributed by atoms with Gasteiger partial charge in [0.25, 0.3) is 5.91 Å². The third-order valence-electron chi connectivity index (χ3n) is 2.34. The van der Waals surface area contributed by atoms with E-state index >= 15 is 0 Å². The molecule has 0 aliphatic heterocycles. The smallest absolute Gasteiger partial charge is 0.306 e. The van der Waals surface area contributed by atoms with Crippen LogP contribution in [0.3, 0.4) is 0 Å². The van der Waals surface area contributed by atoms with Gasteiger partial charge in [0.15, 0.2) is 0 Å². The minimum absolute atomic E-state index is 0.150. The molecular weight excluding hydrogens is 321 g/mol. The number of amides is 1. The van der Waals surface area contributed by atoms with Crippen LogP contribution in [0.5, 0.6) is 0 Å². The highest BCUT2D eigenvalue weighted by atomic mass is 79.9. The van der Waals surface area contributed by atoms with Crippen molar-refractivity contribution in [3.05, 3.63) is 34.1 Å². The lowest BCUT2D eigenvalue weighted by Crippen LogP contribution is -2.42. The van der Waals surface area contributed by atoms with E-state index < -0.39 is 29.7 Å². The van der Waals surface area contributed by atoms with E-state index in [0.29, 0.717) is 0 Å². The van der Waals surface area contributed by atoms with E-state index in [1.807, 2.05) is 0 Å². The molecule has 1 rings (SSSR count). The van der Waals surface area contributed by atoms with Gasteiger partial charge in [0.1, 0.15) is 5.82 Å². The van der Waals surface area contributed by atoms with Gasteiger partial charge in [-0.25, -0.2) is 4.39 Å². The number of rotatable bonds is 5. The van der Waals surface area contributed by atoms with Crippen molar-refractivity contribution in [1.29, 1.82) is 0 Å². The minimum Gasteiger partial charge on any atom is -0.481 e. The van der Waals surface area contributed by atoms with Crippen LogP contribution in [0, 0.1) is 5.82 Å². The second-order valence-corrected chi connectivity index (χ2v) is 5.23. The molecule has 0 saturated carbocycles. The molecule has 0 heterocycles. The van der Waals surface area contributed by atoms with Gasteiger partial charge in [-0.1, -0.05) is 0 Å². The first-order valence-electron chi connectivity index (χ1n) is 5.39. The van der Waals surface area contributed by atoms with Gasteiger partial charge in [-0.2, -0.15) is 0 Å². The van der Waals surface area contributed by atoms with Crippen LogP contribution >= 0.6 is 15.9 Å². The van der Waals surface area contributed by atoms with Crippen LogP contribution in [0.2, 0.25) is 0 Å². The second kappa shape index (κ2) is 6.12. The lowest BCUT2D eigenvalue weighted by molar-refractivity contribution is -0.141. The molecule has 0 fully saturated rings. The van der Waals surface area contributed by atoms with Gasteiger partial charge in [-0.05, 0) is 41.1 Å². The van der Waals surface area contributed by atoms with E-state index in [0.717, 1.165) is 6.07 Å². The van der Waals surface area contributed by atoms with E-state index in [9.17, 15) is 19.1 Å². The average Bonchev–Trinajstić information content (AvgIpc) is 2.28. The van der Waals surface area contributed by atoms with Crippen molar-refractivity contribution in [2.45, 2.75) is 18.9 Å². The number of aliphatic hydroxyl groups is 1. The molecule has 7 heteroatoms. The number of hydrogen-bond donors (Lipinski definition) is 3. The fourth-order valence-electron chi connectivity index (χ4n) is 1.40. The summed E-state index contributed by atoms with van der Waals surface area (Å²) in [6.45, 7) is 1.09. The Morgan fingerprint density at radius 3 is 2.63 bits per heavy atom. The topological polar surface area (TPSA) is 86.6 Å². The molecule has 1 amide bonds. The first-order valence-corrected chi connectivity index (χ1v) is 6.18. The maximum absolute atomic E-state index is 13.0. The molecule has 1 aromatic rings. The standard InChI is InChI=1S/C12H13BrFNO4/c1-12(19,5-10(16)17)6-15-11(18)7-2-3-9(14)8(13)4-7/h2-4,19H,5-6H2,1H3,(H,15,18)(H,16,17). The number of benzene rings is 1. The third-order valence-corrected chi connectivity index (χ3v) is 2.95. The van der Waals surface area contributed by atoms with E-state index in [-0.39, 0.29) is 16.6 Å². The molecule has 0 aliphatic carbocycles. The first kappa shape index (κ1) is 15.6. The maximum Gasteiger partial charge on any atom is 0.306 e. The Bertz CT molecular complexity index is 505. The highest BCUT2D eigenvalue weighted by molar-refractivity contribution is 9.10. The van der Waals surface area contributed by atoms with Gasteiger partial charge in [0.05, 0.1) is 16.5 Å². The molecule has 1 atom stereocenters. The normalized spacial score (nSPS) is 13.7. The average molecular weight is 334 g/mol. The van der Waals surface area contributed by atoms with Crippen LogP contribution in [0.25, 0.3) is 0 Å². The van der Waals surface area contributed by atoms with Crippen LogP contribution in [-0.4, -0.2) is 34.2 Å². The number of hydrogen-bond acceptors (Lipinski definition) is 3. The zero-order chi connectivity index (χ0) is 14.6. The number of aliphatic carboxylic acids is 1. The van der Waals surface area contributed by atoms with E-state index in [4.69, 9.17) is 5.11 Å². The molecule has 104 valence electrons. The predicted molar refractivity (Wildman–Crippen MR) is 69.3 cm³/mol. The van der Waals surface area contributed by atoms with E-state index in [1.165, 1.54) is 19.1 Å². The fourth-order valence-corrected chi connectivity index (χ4v) is 1.78. The monoisotopic (exact) mass is 333 g/mol. The van der Waals surface area contributed by atoms with Crippen LogP contribution in [0.15, 0.2) is 22.7 Å². The van der Waals surface area contributed by atoms with Crippen molar-refractivity contribution in [2.75, 3.05) is 6.54 Å². The highest BCUT2D eigenvalue weighted by Crippen LogP contribution is 2.17. The molecule has 0 saturated heterocycles. The van der Waals surface area contributed by atoms with Gasteiger partial charge in [-0.3, -0.25) is 9.59 Å². The Balaban J connectivity index is 2.65. The van der Waals surface area contributed by atoms with Crippen molar-refractivity contribution in [1.82, 2.24) is 5.32 Å². The van der Waals surface area contributed by atoms with E-state index in [2.05, 4.69) is 21.2 Å². The summed E-state index contributed by atoms with van der Waals surface area (Å²) < 4.78 is 13.1. The van der Waals surface area contributed by atoms with Crippen molar-refractivity contribution < 1.29 is 24.2 Å². The fraction of sp³-hybridized carbons (Fsp3) is 0.333. The first-order chi connectivity index (χ1) is 8.71. The molecule has 0 spiro atoms. The summed E-state index contributed by atoms with van der Waals surface area (Å²) in [4.78, 5) is 22.2. The number of halogens is 2. The Morgan fingerprint density at radius 1 is 1.47 bits per heavy atom. The molecule has 0 radical (unpaired) electrons. The van der Waals surface area contributed by atoms with Crippen LogP contribution in [-0.2, 0) is 4.79 Å². The SMILES string of the molecule is CC(O)(CNC(=O)c1ccc(F)c(Br)c1)CC(=O)O. The molecule has 1 aromatic carbocycles. The molecule has 19 heavy (non-hydrogen) atoms. The highest BCUT2D eigenvalue weighted by Gasteiger charge is 2.25. The minimum atomic E-state index is -1.54. The number of carboxylic acids is 1.